The Kier molecular flexibility index (Phi) is 7.32. The monoisotopic (exact) mass is 411 g/mol. The fourth-order valence-electron chi connectivity index (χ4n) is 3.78. The van der Waals surface area contributed by atoms with E-state index >= 15 is 0 Å². The molecule has 0 unspecified atom stereocenters. The van der Waals surface area contributed by atoms with Gasteiger partial charge in [0.2, 0.25) is 0 Å². The lowest BCUT2D eigenvalue weighted by molar-refractivity contribution is 0.101. The molecule has 0 aliphatic rings. The molecule has 1 N–H and O–H groups in total. The summed E-state index contributed by atoms with van der Waals surface area (Å²) in [6.07, 6.45) is 7.19. The van der Waals surface area contributed by atoms with Crippen molar-refractivity contribution < 1.29 is 9.90 Å². The van der Waals surface area contributed by atoms with Crippen LogP contribution in [-0.4, -0.2) is 22.5 Å². The highest BCUT2D eigenvalue weighted by Crippen LogP contribution is 2.30. The number of aryl methyl sites for hydroxylation is 2. The number of pyridine rings is 1. The normalized spacial score (nSPS) is 11.1. The Bertz CT molecular complexity index is 1120. The topological polar surface area (TPSA) is 50.2 Å². The highest BCUT2D eigenvalue weighted by Gasteiger charge is 2.15. The molecule has 0 aliphatic heterocycles. The SMILES string of the molecule is C=Cc1c(C(C)=O)cc(-c2ccc(-c3ccc(CCCO)cc3)cc2C)nc1/C=C\C. The van der Waals surface area contributed by atoms with Crippen LogP contribution in [0.4, 0.5) is 0 Å². The van der Waals surface area contributed by atoms with Crippen LogP contribution in [-0.2, 0) is 6.42 Å². The molecule has 1 heterocycles. The number of Topliss-reactive ketones (excluding diaryl/α,β-unsaturated/α-hetero) is 1. The van der Waals surface area contributed by atoms with Crippen LogP contribution >= 0.6 is 0 Å². The third-order valence-corrected chi connectivity index (χ3v) is 5.41. The Morgan fingerprint density at radius 3 is 2.39 bits per heavy atom. The third kappa shape index (κ3) is 5.07. The maximum absolute atomic E-state index is 12.3. The highest BCUT2D eigenvalue weighted by molar-refractivity contribution is 5.99. The van der Waals surface area contributed by atoms with Gasteiger partial charge in [-0.3, -0.25) is 4.79 Å². The van der Waals surface area contributed by atoms with Crippen molar-refractivity contribution >= 4 is 17.9 Å². The summed E-state index contributed by atoms with van der Waals surface area (Å²) < 4.78 is 0. The smallest absolute Gasteiger partial charge is 0.160 e. The number of nitrogens with zero attached hydrogens (tertiary/aromatic N) is 1. The van der Waals surface area contributed by atoms with Gasteiger partial charge in [-0.15, -0.1) is 0 Å². The van der Waals surface area contributed by atoms with Crippen molar-refractivity contribution in [1.82, 2.24) is 4.98 Å². The minimum Gasteiger partial charge on any atom is -0.396 e. The van der Waals surface area contributed by atoms with E-state index in [1.807, 2.05) is 25.1 Å². The lowest BCUT2D eigenvalue weighted by Crippen LogP contribution is -2.03. The van der Waals surface area contributed by atoms with Crippen LogP contribution in [0.3, 0.4) is 0 Å². The molecule has 3 nitrogen and oxygen atoms in total. The minimum absolute atomic E-state index is 0.000126. The molecule has 3 heteroatoms. The minimum atomic E-state index is -0.000126. The van der Waals surface area contributed by atoms with Crippen LogP contribution in [0.15, 0.2) is 61.2 Å². The zero-order valence-electron chi connectivity index (χ0n) is 18.5. The summed E-state index contributed by atoms with van der Waals surface area (Å²) in [6.45, 7) is 9.66. The molecule has 0 radical (unpaired) electrons. The van der Waals surface area contributed by atoms with E-state index in [-0.39, 0.29) is 12.4 Å². The molecular weight excluding hydrogens is 382 g/mol. The van der Waals surface area contributed by atoms with Crippen LogP contribution in [0.5, 0.6) is 0 Å². The summed E-state index contributed by atoms with van der Waals surface area (Å²) in [7, 11) is 0. The molecule has 0 saturated carbocycles. The second-order valence-electron chi connectivity index (χ2n) is 7.67. The van der Waals surface area contributed by atoms with Crippen LogP contribution in [0.2, 0.25) is 0 Å². The molecule has 0 saturated heterocycles. The fraction of sp³-hybridized carbons (Fsp3) is 0.214. The Labute approximate surface area is 184 Å². The fourth-order valence-corrected chi connectivity index (χ4v) is 3.78. The Morgan fingerprint density at radius 1 is 1.10 bits per heavy atom. The van der Waals surface area contributed by atoms with Gasteiger partial charge >= 0.3 is 0 Å². The molecule has 3 rings (SSSR count). The number of rotatable bonds is 8. The lowest BCUT2D eigenvalue weighted by Gasteiger charge is -2.13. The van der Waals surface area contributed by atoms with Crippen LogP contribution in [0.1, 0.15) is 53.0 Å². The van der Waals surface area contributed by atoms with Gasteiger partial charge in [0.15, 0.2) is 5.78 Å². The maximum atomic E-state index is 12.3. The van der Waals surface area contributed by atoms with E-state index in [2.05, 4.69) is 56.0 Å². The summed E-state index contributed by atoms with van der Waals surface area (Å²) >= 11 is 0. The summed E-state index contributed by atoms with van der Waals surface area (Å²) in [4.78, 5) is 17.1. The first-order valence-electron chi connectivity index (χ1n) is 10.6. The predicted octanol–water partition coefficient (Wildman–Crippen LogP) is 6.53. The second kappa shape index (κ2) is 10.1. The number of allylic oxidation sites excluding steroid dienone is 1. The lowest BCUT2D eigenvalue weighted by atomic mass is 9.94. The number of carbonyl (C=O) groups is 1. The second-order valence-corrected chi connectivity index (χ2v) is 7.67. The first-order valence-corrected chi connectivity index (χ1v) is 10.6. The molecule has 2 aromatic carbocycles. The molecule has 3 aromatic rings. The van der Waals surface area contributed by atoms with E-state index in [1.54, 1.807) is 13.0 Å². The van der Waals surface area contributed by atoms with Gasteiger partial charge in [-0.2, -0.15) is 0 Å². The summed E-state index contributed by atoms with van der Waals surface area (Å²) in [5.41, 5.74) is 8.56. The average Bonchev–Trinajstić information content (AvgIpc) is 2.77. The molecule has 31 heavy (non-hydrogen) atoms. The van der Waals surface area contributed by atoms with E-state index in [1.165, 1.54) is 5.56 Å². The molecule has 0 spiro atoms. The highest BCUT2D eigenvalue weighted by atomic mass is 16.2. The van der Waals surface area contributed by atoms with Crippen molar-refractivity contribution in [3.8, 4) is 22.4 Å². The number of aliphatic hydroxyl groups is 1. The largest absolute Gasteiger partial charge is 0.396 e. The van der Waals surface area contributed by atoms with Crippen LogP contribution < -0.4 is 0 Å². The molecule has 1 aromatic heterocycles. The number of hydrogen-bond acceptors (Lipinski definition) is 3. The number of aliphatic hydroxyl groups excluding tert-OH is 1. The van der Waals surface area contributed by atoms with Gasteiger partial charge in [0.25, 0.3) is 0 Å². The zero-order valence-corrected chi connectivity index (χ0v) is 18.5. The third-order valence-electron chi connectivity index (χ3n) is 5.41. The van der Waals surface area contributed by atoms with E-state index in [0.717, 1.165) is 52.0 Å². The summed E-state index contributed by atoms with van der Waals surface area (Å²) in [6, 6.07) is 16.7. The Balaban J connectivity index is 2.01. The van der Waals surface area contributed by atoms with Gasteiger partial charge in [0, 0.05) is 23.3 Å². The summed E-state index contributed by atoms with van der Waals surface area (Å²) in [5, 5.41) is 9.00. The quantitative estimate of drug-likeness (QED) is 0.429. The molecular formula is C28H29NO2. The van der Waals surface area contributed by atoms with Crippen molar-refractivity contribution in [2.75, 3.05) is 6.61 Å². The van der Waals surface area contributed by atoms with Crippen molar-refractivity contribution in [1.29, 1.82) is 0 Å². The standard InChI is InChI=1S/C28H29NO2/c1-5-8-27-24(6-2)26(20(4)31)18-28(29-27)25-15-14-23(17-19(25)3)22-12-10-21(11-13-22)9-7-16-30/h5-6,8,10-15,17-18,30H,2,7,9,16H2,1,3-4H3/b8-5-. The molecule has 0 amide bonds. The van der Waals surface area contributed by atoms with Gasteiger partial charge in [0.05, 0.1) is 11.4 Å². The van der Waals surface area contributed by atoms with Crippen molar-refractivity contribution in [2.24, 2.45) is 0 Å². The first-order chi connectivity index (χ1) is 15.0. The number of ketones is 1. The van der Waals surface area contributed by atoms with Gasteiger partial charge in [-0.1, -0.05) is 61.2 Å². The molecule has 0 atom stereocenters. The van der Waals surface area contributed by atoms with E-state index in [0.29, 0.717) is 5.56 Å². The van der Waals surface area contributed by atoms with E-state index in [9.17, 15) is 4.79 Å². The van der Waals surface area contributed by atoms with Gasteiger partial charge < -0.3 is 5.11 Å². The van der Waals surface area contributed by atoms with E-state index in [4.69, 9.17) is 10.1 Å². The van der Waals surface area contributed by atoms with Gasteiger partial charge in [0.1, 0.15) is 0 Å². The average molecular weight is 412 g/mol. The maximum Gasteiger partial charge on any atom is 0.160 e. The van der Waals surface area contributed by atoms with Crippen molar-refractivity contribution in [3.63, 3.8) is 0 Å². The summed E-state index contributed by atoms with van der Waals surface area (Å²) in [5.74, 6) is -0.000126. The predicted molar refractivity (Wildman–Crippen MR) is 130 cm³/mol. The van der Waals surface area contributed by atoms with Gasteiger partial charge in [-0.25, -0.2) is 4.98 Å². The van der Waals surface area contributed by atoms with Crippen LogP contribution in [0, 0.1) is 6.92 Å². The van der Waals surface area contributed by atoms with Crippen LogP contribution in [0.25, 0.3) is 34.5 Å². The molecule has 0 bridgehead atoms. The van der Waals surface area contributed by atoms with Crippen molar-refractivity contribution in [3.05, 3.63) is 89.1 Å². The number of hydrogen-bond donors (Lipinski definition) is 1. The Hall–Kier alpha value is -3.30. The molecule has 0 aliphatic carbocycles. The van der Waals surface area contributed by atoms with Crippen molar-refractivity contribution in [2.45, 2.75) is 33.6 Å². The van der Waals surface area contributed by atoms with E-state index < -0.39 is 0 Å². The first kappa shape index (κ1) is 22.4. The van der Waals surface area contributed by atoms with Gasteiger partial charge in [-0.05, 0) is 68.0 Å². The molecule has 158 valence electrons. The zero-order chi connectivity index (χ0) is 22.4. The molecule has 0 fully saturated rings. The number of carbonyl (C=O) groups excluding carboxylic acids is 1. The number of benzene rings is 2. The number of aromatic nitrogens is 1. The Morgan fingerprint density at radius 2 is 1.81 bits per heavy atom.